The molecule has 1 aromatic carbocycles. The monoisotopic (exact) mass is 249 g/mol. The van der Waals surface area contributed by atoms with Crippen LogP contribution in [0, 0.1) is 11.7 Å². The van der Waals surface area contributed by atoms with E-state index in [0.29, 0.717) is 0 Å². The maximum atomic E-state index is 13.6. The summed E-state index contributed by atoms with van der Waals surface area (Å²) in [6, 6.07) is 4.80. The van der Waals surface area contributed by atoms with E-state index in [1.165, 1.54) is 6.07 Å². The second kappa shape index (κ2) is 4.71. The summed E-state index contributed by atoms with van der Waals surface area (Å²) >= 11 is 0. The van der Waals surface area contributed by atoms with Crippen molar-refractivity contribution in [2.45, 2.75) is 12.3 Å². The molecule has 2 atom stereocenters. The van der Waals surface area contributed by atoms with Crippen LogP contribution in [0.3, 0.4) is 0 Å². The van der Waals surface area contributed by atoms with Gasteiger partial charge in [-0.15, -0.1) is 0 Å². The number of hydrogen-bond donors (Lipinski definition) is 2. The molecule has 0 amide bonds. The Morgan fingerprint density at radius 1 is 1.44 bits per heavy atom. The molecule has 18 heavy (non-hydrogen) atoms. The van der Waals surface area contributed by atoms with Crippen molar-refractivity contribution in [3.63, 3.8) is 0 Å². The zero-order valence-corrected chi connectivity index (χ0v) is 10.0. The Bertz CT molecular complexity index is 552. The number of aliphatic hydroxyl groups is 1. The van der Waals surface area contributed by atoms with Crippen molar-refractivity contribution in [1.82, 2.24) is 5.32 Å². The predicted molar refractivity (Wildman–Crippen MR) is 67.0 cm³/mol. The molecule has 0 radical (unpaired) electrons. The lowest BCUT2D eigenvalue weighted by molar-refractivity contribution is 0.179. The van der Waals surface area contributed by atoms with Crippen LogP contribution in [-0.4, -0.2) is 24.8 Å². The predicted octanol–water partition coefficient (Wildman–Crippen LogP) is 2.26. The third-order valence-electron chi connectivity index (χ3n) is 3.79. The molecule has 1 saturated heterocycles. The van der Waals surface area contributed by atoms with Crippen molar-refractivity contribution in [3.05, 3.63) is 35.8 Å². The summed E-state index contributed by atoms with van der Waals surface area (Å²) in [4.78, 5) is 0. The van der Waals surface area contributed by atoms with E-state index in [4.69, 9.17) is 4.42 Å². The number of fused-ring (bicyclic) bond motifs is 1. The van der Waals surface area contributed by atoms with Crippen molar-refractivity contribution in [3.8, 4) is 0 Å². The highest BCUT2D eigenvalue weighted by Gasteiger charge is 2.28. The summed E-state index contributed by atoms with van der Waals surface area (Å²) in [5, 5.41) is 13.5. The van der Waals surface area contributed by atoms with Gasteiger partial charge in [0, 0.05) is 30.0 Å². The highest BCUT2D eigenvalue weighted by molar-refractivity contribution is 5.81. The fourth-order valence-corrected chi connectivity index (χ4v) is 2.87. The quantitative estimate of drug-likeness (QED) is 0.858. The minimum atomic E-state index is -0.242. The molecule has 1 fully saturated rings. The largest absolute Gasteiger partial charge is 0.464 e. The van der Waals surface area contributed by atoms with Gasteiger partial charge in [-0.3, -0.25) is 0 Å². The number of aliphatic hydroxyl groups excluding tert-OH is 1. The van der Waals surface area contributed by atoms with E-state index in [1.807, 2.05) is 0 Å². The Morgan fingerprint density at radius 2 is 2.33 bits per heavy atom. The molecule has 2 heterocycles. The molecule has 1 aliphatic rings. The van der Waals surface area contributed by atoms with Crippen LogP contribution in [0.1, 0.15) is 17.9 Å². The van der Waals surface area contributed by atoms with E-state index >= 15 is 0 Å². The lowest BCUT2D eigenvalue weighted by Crippen LogP contribution is -2.37. The van der Waals surface area contributed by atoms with E-state index < -0.39 is 0 Å². The van der Waals surface area contributed by atoms with Gasteiger partial charge in [0.25, 0.3) is 0 Å². The smallest absolute Gasteiger partial charge is 0.137 e. The lowest BCUT2D eigenvalue weighted by Gasteiger charge is -2.31. The normalized spacial score (nSPS) is 24.6. The van der Waals surface area contributed by atoms with Crippen LogP contribution in [0.4, 0.5) is 4.39 Å². The molecular weight excluding hydrogens is 233 g/mol. The summed E-state index contributed by atoms with van der Waals surface area (Å²) in [6.07, 6.45) is 2.48. The van der Waals surface area contributed by atoms with Crippen molar-refractivity contribution in [1.29, 1.82) is 0 Å². The summed E-state index contributed by atoms with van der Waals surface area (Å²) in [7, 11) is 0. The lowest BCUT2D eigenvalue weighted by atomic mass is 9.81. The average molecular weight is 249 g/mol. The van der Waals surface area contributed by atoms with Crippen LogP contribution in [0.25, 0.3) is 11.0 Å². The SMILES string of the molecule is OCC1CNCCC1c1cc(F)cc2ccoc12. The first kappa shape index (κ1) is 11.7. The van der Waals surface area contributed by atoms with Crippen molar-refractivity contribution < 1.29 is 13.9 Å². The number of halogens is 1. The van der Waals surface area contributed by atoms with Crippen LogP contribution in [-0.2, 0) is 0 Å². The molecule has 0 spiro atoms. The number of hydrogen-bond acceptors (Lipinski definition) is 3. The topological polar surface area (TPSA) is 45.4 Å². The molecule has 0 bridgehead atoms. The summed E-state index contributed by atoms with van der Waals surface area (Å²) in [5.74, 6) is 0.0311. The van der Waals surface area contributed by atoms with Gasteiger partial charge in [0.2, 0.25) is 0 Å². The van der Waals surface area contributed by atoms with E-state index in [1.54, 1.807) is 18.4 Å². The zero-order valence-electron chi connectivity index (χ0n) is 10.0. The second-order valence-electron chi connectivity index (χ2n) is 4.88. The van der Waals surface area contributed by atoms with E-state index in [2.05, 4.69) is 5.32 Å². The first-order valence-electron chi connectivity index (χ1n) is 6.28. The van der Waals surface area contributed by atoms with Gasteiger partial charge in [-0.25, -0.2) is 4.39 Å². The van der Waals surface area contributed by atoms with Gasteiger partial charge < -0.3 is 14.8 Å². The Labute approximate surface area is 105 Å². The number of benzene rings is 1. The van der Waals surface area contributed by atoms with Crippen molar-refractivity contribution in [2.75, 3.05) is 19.7 Å². The van der Waals surface area contributed by atoms with Crippen molar-refractivity contribution in [2.24, 2.45) is 5.92 Å². The Balaban J connectivity index is 2.08. The van der Waals surface area contributed by atoms with Crippen LogP contribution in [0.2, 0.25) is 0 Å². The molecule has 96 valence electrons. The second-order valence-corrected chi connectivity index (χ2v) is 4.88. The van der Waals surface area contributed by atoms with Gasteiger partial charge >= 0.3 is 0 Å². The summed E-state index contributed by atoms with van der Waals surface area (Å²) in [6.45, 7) is 1.76. The summed E-state index contributed by atoms with van der Waals surface area (Å²) in [5.41, 5.74) is 1.64. The molecule has 1 aliphatic heterocycles. The average Bonchev–Trinajstić information content (AvgIpc) is 2.85. The minimum absolute atomic E-state index is 0.108. The maximum Gasteiger partial charge on any atom is 0.137 e. The highest BCUT2D eigenvalue weighted by atomic mass is 19.1. The Morgan fingerprint density at radius 3 is 3.17 bits per heavy atom. The van der Waals surface area contributed by atoms with Gasteiger partial charge in [-0.1, -0.05) is 0 Å². The summed E-state index contributed by atoms with van der Waals surface area (Å²) < 4.78 is 19.1. The number of rotatable bonds is 2. The van der Waals surface area contributed by atoms with Gasteiger partial charge in [0.15, 0.2) is 0 Å². The highest BCUT2D eigenvalue weighted by Crippen LogP contribution is 2.35. The minimum Gasteiger partial charge on any atom is -0.464 e. The molecule has 2 unspecified atom stereocenters. The van der Waals surface area contributed by atoms with Crippen molar-refractivity contribution >= 4 is 11.0 Å². The maximum absolute atomic E-state index is 13.6. The van der Waals surface area contributed by atoms with Crippen LogP contribution >= 0.6 is 0 Å². The fourth-order valence-electron chi connectivity index (χ4n) is 2.87. The number of piperidine rings is 1. The molecule has 0 saturated carbocycles. The van der Waals surface area contributed by atoms with Gasteiger partial charge in [-0.05, 0) is 37.1 Å². The molecule has 3 nitrogen and oxygen atoms in total. The third kappa shape index (κ3) is 1.91. The third-order valence-corrected chi connectivity index (χ3v) is 3.79. The number of nitrogens with one attached hydrogen (secondary N) is 1. The first-order chi connectivity index (χ1) is 8.79. The molecule has 3 rings (SSSR count). The van der Waals surface area contributed by atoms with Crippen LogP contribution in [0.5, 0.6) is 0 Å². The van der Waals surface area contributed by atoms with E-state index in [9.17, 15) is 9.50 Å². The zero-order chi connectivity index (χ0) is 12.5. The molecule has 4 heteroatoms. The fraction of sp³-hybridized carbons (Fsp3) is 0.429. The van der Waals surface area contributed by atoms with Crippen LogP contribution in [0.15, 0.2) is 28.9 Å². The first-order valence-corrected chi connectivity index (χ1v) is 6.28. The molecular formula is C14H16FNO2. The van der Waals surface area contributed by atoms with Gasteiger partial charge in [-0.2, -0.15) is 0 Å². The Kier molecular flexibility index (Phi) is 3.06. The molecule has 0 aliphatic carbocycles. The van der Waals surface area contributed by atoms with E-state index in [-0.39, 0.29) is 24.3 Å². The van der Waals surface area contributed by atoms with E-state index in [0.717, 1.165) is 36.0 Å². The molecule has 2 aromatic rings. The molecule has 1 aromatic heterocycles. The Hall–Kier alpha value is -1.39. The number of furan rings is 1. The standard InChI is InChI=1S/C14H16FNO2/c15-11-5-9-2-4-18-14(9)13(6-11)12-1-3-16-7-10(12)8-17/h2,4-6,10,12,16-17H,1,3,7-8H2. The van der Waals surface area contributed by atoms with Crippen LogP contribution < -0.4 is 5.32 Å². The van der Waals surface area contributed by atoms with Gasteiger partial charge in [0.1, 0.15) is 11.4 Å². The van der Waals surface area contributed by atoms with Gasteiger partial charge in [0.05, 0.1) is 6.26 Å². The molecule has 2 N–H and O–H groups in total.